The van der Waals surface area contributed by atoms with E-state index in [0.717, 1.165) is 37.2 Å². The zero-order valence-corrected chi connectivity index (χ0v) is 9.96. The molecule has 0 spiro atoms. The zero-order valence-electron chi connectivity index (χ0n) is 9.96. The lowest BCUT2D eigenvalue weighted by molar-refractivity contribution is 0.0821. The van der Waals surface area contributed by atoms with Crippen LogP contribution in [0.1, 0.15) is 18.4 Å². The number of ether oxygens (including phenoxy) is 1. The molecule has 2 rings (SSSR count). The first kappa shape index (κ1) is 12.1. The fraction of sp³-hybridized carbons (Fsp3) is 0.538. The van der Waals surface area contributed by atoms with Gasteiger partial charge in [-0.1, -0.05) is 6.07 Å². The predicted molar refractivity (Wildman–Crippen MR) is 64.1 cm³/mol. The highest BCUT2D eigenvalue weighted by atomic mass is 19.3. The third kappa shape index (κ3) is 3.08. The van der Waals surface area contributed by atoms with E-state index in [-0.39, 0.29) is 0 Å². The molecule has 17 heavy (non-hydrogen) atoms. The van der Waals surface area contributed by atoms with Crippen LogP contribution in [0.15, 0.2) is 18.2 Å². The molecular weight excluding hydrogens is 224 g/mol. The van der Waals surface area contributed by atoms with E-state index in [0.29, 0.717) is 5.75 Å². The van der Waals surface area contributed by atoms with E-state index in [2.05, 4.69) is 4.90 Å². The third-order valence-electron chi connectivity index (χ3n) is 2.93. The summed E-state index contributed by atoms with van der Waals surface area (Å²) in [6.07, 6.45) is -0.118. The van der Waals surface area contributed by atoms with Crippen LogP contribution in [0.3, 0.4) is 0 Å². The van der Waals surface area contributed by atoms with E-state index in [9.17, 15) is 8.78 Å². The Hall–Kier alpha value is -1.32. The molecule has 1 heterocycles. The van der Waals surface area contributed by atoms with Crippen molar-refractivity contribution in [1.29, 1.82) is 0 Å². The molecule has 1 aliphatic rings. The Morgan fingerprint density at radius 3 is 2.65 bits per heavy atom. The van der Waals surface area contributed by atoms with Gasteiger partial charge in [-0.15, -0.1) is 0 Å². The molecule has 0 radical (unpaired) electrons. The van der Waals surface area contributed by atoms with E-state index in [1.165, 1.54) is 0 Å². The second-order valence-electron chi connectivity index (χ2n) is 4.37. The van der Waals surface area contributed by atoms with Crippen LogP contribution in [0.25, 0.3) is 0 Å². The Labute approximate surface area is 100 Å². The molecule has 0 atom stereocenters. The minimum atomic E-state index is -2.43. The Kier molecular flexibility index (Phi) is 3.82. The molecule has 94 valence electrons. The van der Waals surface area contributed by atoms with Crippen LogP contribution in [0.5, 0.6) is 5.75 Å². The standard InChI is InChI=1S/C13H17F2NO/c1-10-4-5-12(17-9-13(14)15)11(8-10)16-6-2-3-7-16/h4-5,8,13H,2-3,6-7,9H2,1H3. The summed E-state index contributed by atoms with van der Waals surface area (Å²) in [6.45, 7) is 3.42. The maximum Gasteiger partial charge on any atom is 0.272 e. The SMILES string of the molecule is Cc1ccc(OCC(F)F)c(N2CCCC2)c1. The molecule has 4 heteroatoms. The first-order valence-corrected chi connectivity index (χ1v) is 5.93. The summed E-state index contributed by atoms with van der Waals surface area (Å²) in [6, 6.07) is 5.68. The molecule has 0 amide bonds. The number of anilines is 1. The van der Waals surface area contributed by atoms with Gasteiger partial charge in [-0.3, -0.25) is 0 Å². The minimum absolute atomic E-state index is 0.538. The van der Waals surface area contributed by atoms with E-state index in [4.69, 9.17) is 4.74 Å². The molecule has 0 aliphatic carbocycles. The lowest BCUT2D eigenvalue weighted by atomic mass is 10.2. The highest BCUT2D eigenvalue weighted by Gasteiger charge is 2.17. The van der Waals surface area contributed by atoms with Crippen molar-refractivity contribution in [1.82, 2.24) is 0 Å². The summed E-state index contributed by atoms with van der Waals surface area (Å²) < 4.78 is 29.5. The fourth-order valence-electron chi connectivity index (χ4n) is 2.11. The topological polar surface area (TPSA) is 12.5 Å². The third-order valence-corrected chi connectivity index (χ3v) is 2.93. The first-order chi connectivity index (χ1) is 8.16. The molecule has 0 bridgehead atoms. The Morgan fingerprint density at radius 2 is 2.00 bits per heavy atom. The van der Waals surface area contributed by atoms with Crippen molar-refractivity contribution in [3.63, 3.8) is 0 Å². The second-order valence-corrected chi connectivity index (χ2v) is 4.37. The molecule has 0 unspecified atom stereocenters. The average molecular weight is 241 g/mol. The number of aryl methyl sites for hydroxylation is 1. The number of nitrogens with zero attached hydrogens (tertiary/aromatic N) is 1. The molecular formula is C13H17F2NO. The molecule has 1 saturated heterocycles. The van der Waals surface area contributed by atoms with Crippen LogP contribution in [0, 0.1) is 6.92 Å². The van der Waals surface area contributed by atoms with E-state index < -0.39 is 13.0 Å². The summed E-state index contributed by atoms with van der Waals surface area (Å²) in [7, 11) is 0. The van der Waals surface area contributed by atoms with Crippen molar-refractivity contribution in [2.75, 3.05) is 24.6 Å². The number of rotatable bonds is 4. The van der Waals surface area contributed by atoms with Gasteiger partial charge in [-0.25, -0.2) is 8.78 Å². The highest BCUT2D eigenvalue weighted by molar-refractivity contribution is 5.60. The summed E-state index contributed by atoms with van der Waals surface area (Å²) in [5.74, 6) is 0.567. The van der Waals surface area contributed by atoms with Gasteiger partial charge in [0.2, 0.25) is 0 Å². The van der Waals surface area contributed by atoms with E-state index in [1.54, 1.807) is 6.07 Å². The van der Waals surface area contributed by atoms with Gasteiger partial charge >= 0.3 is 0 Å². The molecule has 1 aliphatic heterocycles. The monoisotopic (exact) mass is 241 g/mol. The summed E-state index contributed by atoms with van der Waals surface area (Å²) in [5, 5.41) is 0. The fourth-order valence-corrected chi connectivity index (χ4v) is 2.11. The largest absolute Gasteiger partial charge is 0.485 e. The van der Waals surface area contributed by atoms with Crippen molar-refractivity contribution in [2.45, 2.75) is 26.2 Å². The van der Waals surface area contributed by atoms with Crippen molar-refractivity contribution in [2.24, 2.45) is 0 Å². The molecule has 1 fully saturated rings. The van der Waals surface area contributed by atoms with Gasteiger partial charge in [0.25, 0.3) is 6.43 Å². The first-order valence-electron chi connectivity index (χ1n) is 5.93. The maximum absolute atomic E-state index is 12.2. The van der Waals surface area contributed by atoms with Gasteiger partial charge in [-0.2, -0.15) is 0 Å². The van der Waals surface area contributed by atoms with Crippen molar-refractivity contribution in [3.05, 3.63) is 23.8 Å². The number of hydrogen-bond acceptors (Lipinski definition) is 2. The minimum Gasteiger partial charge on any atom is -0.485 e. The van der Waals surface area contributed by atoms with Gasteiger partial charge in [0.1, 0.15) is 12.4 Å². The van der Waals surface area contributed by atoms with Crippen molar-refractivity contribution in [3.8, 4) is 5.75 Å². The normalized spacial score (nSPS) is 15.6. The molecule has 0 N–H and O–H groups in total. The van der Waals surface area contributed by atoms with E-state index >= 15 is 0 Å². The lowest BCUT2D eigenvalue weighted by Crippen LogP contribution is -2.19. The van der Waals surface area contributed by atoms with Gasteiger partial charge in [0.05, 0.1) is 5.69 Å². The Balaban J connectivity index is 2.17. The number of alkyl halides is 2. The molecule has 0 saturated carbocycles. The molecule has 0 aromatic heterocycles. The van der Waals surface area contributed by atoms with Crippen LogP contribution in [-0.2, 0) is 0 Å². The van der Waals surface area contributed by atoms with Gasteiger partial charge < -0.3 is 9.64 Å². The highest BCUT2D eigenvalue weighted by Crippen LogP contribution is 2.32. The lowest BCUT2D eigenvalue weighted by Gasteiger charge is -2.21. The van der Waals surface area contributed by atoms with Crippen molar-refractivity contribution >= 4 is 5.69 Å². The van der Waals surface area contributed by atoms with Gasteiger partial charge in [0.15, 0.2) is 0 Å². The number of halogens is 2. The van der Waals surface area contributed by atoms with Crippen LogP contribution in [0.4, 0.5) is 14.5 Å². The van der Waals surface area contributed by atoms with Crippen LogP contribution < -0.4 is 9.64 Å². The van der Waals surface area contributed by atoms with Crippen molar-refractivity contribution < 1.29 is 13.5 Å². The summed E-state index contributed by atoms with van der Waals surface area (Å²) in [5.41, 5.74) is 2.07. The maximum atomic E-state index is 12.2. The molecule has 1 aromatic rings. The predicted octanol–water partition coefficient (Wildman–Crippen LogP) is 3.24. The smallest absolute Gasteiger partial charge is 0.272 e. The summed E-state index contributed by atoms with van der Waals surface area (Å²) in [4.78, 5) is 2.20. The van der Waals surface area contributed by atoms with Gasteiger partial charge in [0, 0.05) is 13.1 Å². The quantitative estimate of drug-likeness (QED) is 0.802. The van der Waals surface area contributed by atoms with E-state index in [1.807, 2.05) is 19.1 Å². The van der Waals surface area contributed by atoms with Crippen LogP contribution in [0.2, 0.25) is 0 Å². The summed E-state index contributed by atoms with van der Waals surface area (Å²) >= 11 is 0. The molecule has 2 nitrogen and oxygen atoms in total. The second kappa shape index (κ2) is 5.34. The molecule has 1 aromatic carbocycles. The number of hydrogen-bond donors (Lipinski definition) is 0. The van der Waals surface area contributed by atoms with Gasteiger partial charge in [-0.05, 0) is 37.5 Å². The van der Waals surface area contributed by atoms with Crippen LogP contribution in [-0.4, -0.2) is 26.1 Å². The van der Waals surface area contributed by atoms with Crippen LogP contribution >= 0.6 is 0 Å². The number of benzene rings is 1. The average Bonchev–Trinajstić information content (AvgIpc) is 2.80. The zero-order chi connectivity index (χ0) is 12.3. The Morgan fingerprint density at radius 1 is 1.29 bits per heavy atom. The Bertz CT molecular complexity index is 376.